The molecule has 1 aromatic carbocycles. The number of hydrogen-bond acceptors (Lipinski definition) is 3. The van der Waals surface area contributed by atoms with Crippen LogP contribution in [0.5, 0.6) is 5.75 Å². The topological polar surface area (TPSA) is 38.7 Å². The minimum Gasteiger partial charge on any atom is -0.497 e. The maximum Gasteiger partial charge on any atom is 0.119 e. The molecule has 1 N–H and O–H groups in total. The van der Waals surface area contributed by atoms with Crippen LogP contribution in [0.15, 0.2) is 24.3 Å². The third-order valence-corrected chi connectivity index (χ3v) is 2.79. The Morgan fingerprint density at radius 2 is 2.06 bits per heavy atom. The zero-order chi connectivity index (χ0) is 12.7. The first-order valence-electron chi connectivity index (χ1n) is 6.13. The Labute approximate surface area is 103 Å². The molecule has 0 aromatic heterocycles. The molecule has 0 heterocycles. The third kappa shape index (κ3) is 4.36. The van der Waals surface area contributed by atoms with Crippen LogP contribution in [0.1, 0.15) is 25.8 Å². The molecule has 0 saturated carbocycles. The number of benzene rings is 1. The Morgan fingerprint density at radius 3 is 2.65 bits per heavy atom. The Balaban J connectivity index is 2.62. The summed E-state index contributed by atoms with van der Waals surface area (Å²) in [6.07, 6.45) is 0.854. The summed E-state index contributed by atoms with van der Waals surface area (Å²) in [6.45, 7) is 4.60. The summed E-state index contributed by atoms with van der Waals surface area (Å²) in [5.41, 5.74) is 1.06. The maximum absolute atomic E-state index is 10.1. The molecule has 2 atom stereocenters. The molecule has 0 aliphatic carbocycles. The quantitative estimate of drug-likeness (QED) is 0.793. The first kappa shape index (κ1) is 14.0. The molecule has 96 valence electrons. The number of hydrogen-bond donors (Lipinski definition) is 1. The third-order valence-electron chi connectivity index (χ3n) is 2.79. The number of aliphatic hydroxyl groups excluding tert-OH is 1. The fourth-order valence-electron chi connectivity index (χ4n) is 1.89. The van der Waals surface area contributed by atoms with Gasteiger partial charge in [0.05, 0.1) is 19.3 Å². The Morgan fingerprint density at radius 1 is 1.29 bits per heavy atom. The van der Waals surface area contributed by atoms with E-state index in [0.717, 1.165) is 17.7 Å². The molecular formula is C14H22O3. The zero-order valence-corrected chi connectivity index (χ0v) is 10.8. The van der Waals surface area contributed by atoms with Gasteiger partial charge in [-0.1, -0.05) is 19.1 Å². The average Bonchev–Trinajstić information content (AvgIpc) is 2.36. The first-order valence-corrected chi connectivity index (χ1v) is 6.13. The van der Waals surface area contributed by atoms with E-state index >= 15 is 0 Å². The second-order valence-electron chi connectivity index (χ2n) is 4.03. The summed E-state index contributed by atoms with van der Waals surface area (Å²) in [7, 11) is 1.64. The molecule has 2 unspecified atom stereocenters. The van der Waals surface area contributed by atoms with Crippen LogP contribution in [0, 0.1) is 0 Å². The smallest absolute Gasteiger partial charge is 0.119 e. The second-order valence-corrected chi connectivity index (χ2v) is 4.03. The van der Waals surface area contributed by atoms with Gasteiger partial charge in [-0.15, -0.1) is 0 Å². The van der Waals surface area contributed by atoms with E-state index in [9.17, 15) is 5.11 Å². The fraction of sp³-hybridized carbons (Fsp3) is 0.571. The highest BCUT2D eigenvalue weighted by Crippen LogP contribution is 2.16. The molecule has 0 radical (unpaired) electrons. The van der Waals surface area contributed by atoms with Gasteiger partial charge < -0.3 is 14.6 Å². The standard InChI is InChI=1S/C14H22O3/c1-4-14(17-5-2)13(15)10-11-7-6-8-12(9-11)16-3/h6-9,13-15H,4-5,10H2,1-3H3. The summed E-state index contributed by atoms with van der Waals surface area (Å²) in [5, 5.41) is 10.1. The average molecular weight is 238 g/mol. The van der Waals surface area contributed by atoms with E-state index in [1.54, 1.807) is 7.11 Å². The van der Waals surface area contributed by atoms with Gasteiger partial charge in [0.25, 0.3) is 0 Å². The first-order chi connectivity index (χ1) is 8.21. The highest BCUT2D eigenvalue weighted by molar-refractivity contribution is 5.28. The lowest BCUT2D eigenvalue weighted by molar-refractivity contribution is -0.0334. The molecule has 3 heteroatoms. The van der Waals surface area contributed by atoms with Crippen molar-refractivity contribution in [1.82, 2.24) is 0 Å². The highest BCUT2D eigenvalue weighted by atomic mass is 16.5. The van der Waals surface area contributed by atoms with Crippen molar-refractivity contribution in [3.63, 3.8) is 0 Å². The largest absolute Gasteiger partial charge is 0.497 e. The maximum atomic E-state index is 10.1. The van der Waals surface area contributed by atoms with Crippen molar-refractivity contribution in [2.75, 3.05) is 13.7 Å². The van der Waals surface area contributed by atoms with Crippen LogP contribution in [-0.4, -0.2) is 31.0 Å². The van der Waals surface area contributed by atoms with Gasteiger partial charge in [0.15, 0.2) is 0 Å². The van der Waals surface area contributed by atoms with Crippen molar-refractivity contribution < 1.29 is 14.6 Å². The lowest BCUT2D eigenvalue weighted by atomic mass is 10.0. The summed E-state index contributed by atoms with van der Waals surface area (Å²) < 4.78 is 10.7. The lowest BCUT2D eigenvalue weighted by Crippen LogP contribution is -2.30. The zero-order valence-electron chi connectivity index (χ0n) is 10.8. The van der Waals surface area contributed by atoms with E-state index in [1.165, 1.54) is 0 Å². The summed E-state index contributed by atoms with van der Waals surface area (Å²) >= 11 is 0. The van der Waals surface area contributed by atoms with Crippen LogP contribution >= 0.6 is 0 Å². The van der Waals surface area contributed by atoms with Crippen molar-refractivity contribution in [2.45, 2.75) is 38.9 Å². The Hall–Kier alpha value is -1.06. The van der Waals surface area contributed by atoms with E-state index in [1.807, 2.05) is 38.1 Å². The molecule has 0 fully saturated rings. The number of aliphatic hydroxyl groups is 1. The Bertz CT molecular complexity index is 325. The van der Waals surface area contributed by atoms with Crippen molar-refractivity contribution >= 4 is 0 Å². The van der Waals surface area contributed by atoms with Gasteiger partial charge in [-0.2, -0.15) is 0 Å². The summed E-state index contributed by atoms with van der Waals surface area (Å²) in [5.74, 6) is 0.819. The fourth-order valence-corrected chi connectivity index (χ4v) is 1.89. The van der Waals surface area contributed by atoms with Crippen LogP contribution in [0.25, 0.3) is 0 Å². The van der Waals surface area contributed by atoms with Crippen LogP contribution in [0.2, 0.25) is 0 Å². The van der Waals surface area contributed by atoms with Gasteiger partial charge in [-0.05, 0) is 31.0 Å². The molecule has 1 rings (SSSR count). The minimum absolute atomic E-state index is 0.0915. The molecule has 0 spiro atoms. The van der Waals surface area contributed by atoms with Gasteiger partial charge in [0.1, 0.15) is 5.75 Å². The molecular weight excluding hydrogens is 216 g/mol. The Kier molecular flexibility index (Phi) is 6.01. The van der Waals surface area contributed by atoms with E-state index in [-0.39, 0.29) is 6.10 Å². The van der Waals surface area contributed by atoms with E-state index < -0.39 is 6.10 Å². The SMILES string of the molecule is CCOC(CC)C(O)Cc1cccc(OC)c1. The van der Waals surface area contributed by atoms with Crippen molar-refractivity contribution in [2.24, 2.45) is 0 Å². The highest BCUT2D eigenvalue weighted by Gasteiger charge is 2.17. The van der Waals surface area contributed by atoms with Crippen LogP contribution in [0.4, 0.5) is 0 Å². The minimum atomic E-state index is -0.466. The molecule has 0 aliphatic heterocycles. The van der Waals surface area contributed by atoms with Gasteiger partial charge in [0.2, 0.25) is 0 Å². The van der Waals surface area contributed by atoms with Crippen LogP contribution < -0.4 is 4.74 Å². The summed E-state index contributed by atoms with van der Waals surface area (Å²) in [4.78, 5) is 0. The monoisotopic (exact) mass is 238 g/mol. The predicted molar refractivity (Wildman–Crippen MR) is 68.4 cm³/mol. The normalized spacial score (nSPS) is 14.4. The predicted octanol–water partition coefficient (Wildman–Crippen LogP) is 2.41. The van der Waals surface area contributed by atoms with Crippen molar-refractivity contribution in [3.8, 4) is 5.75 Å². The number of rotatable bonds is 7. The van der Waals surface area contributed by atoms with Gasteiger partial charge in [-0.25, -0.2) is 0 Å². The van der Waals surface area contributed by atoms with Crippen LogP contribution in [-0.2, 0) is 11.2 Å². The van der Waals surface area contributed by atoms with Crippen molar-refractivity contribution in [1.29, 1.82) is 0 Å². The van der Waals surface area contributed by atoms with Gasteiger partial charge >= 0.3 is 0 Å². The lowest BCUT2D eigenvalue weighted by Gasteiger charge is -2.21. The molecule has 0 aliphatic rings. The molecule has 0 saturated heterocycles. The molecule has 3 nitrogen and oxygen atoms in total. The molecule has 1 aromatic rings. The van der Waals surface area contributed by atoms with E-state index in [0.29, 0.717) is 13.0 Å². The second kappa shape index (κ2) is 7.30. The number of ether oxygens (including phenoxy) is 2. The van der Waals surface area contributed by atoms with Gasteiger partial charge in [-0.3, -0.25) is 0 Å². The molecule has 17 heavy (non-hydrogen) atoms. The summed E-state index contributed by atoms with van der Waals surface area (Å²) in [6, 6.07) is 7.77. The van der Waals surface area contributed by atoms with Crippen molar-refractivity contribution in [3.05, 3.63) is 29.8 Å². The van der Waals surface area contributed by atoms with Crippen LogP contribution in [0.3, 0.4) is 0 Å². The molecule has 0 bridgehead atoms. The van der Waals surface area contributed by atoms with E-state index in [2.05, 4.69) is 0 Å². The van der Waals surface area contributed by atoms with Gasteiger partial charge in [0, 0.05) is 13.0 Å². The number of methoxy groups -OCH3 is 1. The van der Waals surface area contributed by atoms with E-state index in [4.69, 9.17) is 9.47 Å². The molecule has 0 amide bonds.